The van der Waals surface area contributed by atoms with Crippen LogP contribution in [-0.4, -0.2) is 38.2 Å². The third kappa shape index (κ3) is 2.37. The smallest absolute Gasteiger partial charge is 0.173 e. The normalized spacial score (nSPS) is 23.4. The summed E-state index contributed by atoms with van der Waals surface area (Å²) in [6, 6.07) is 18.7. The molecule has 0 N–H and O–H groups in total. The van der Waals surface area contributed by atoms with Crippen LogP contribution < -0.4 is 0 Å². The van der Waals surface area contributed by atoms with E-state index in [2.05, 4.69) is 51.6 Å². The molecule has 6 heteroatoms. The minimum Gasteiger partial charge on any atom is -0.364 e. The van der Waals surface area contributed by atoms with Crippen LogP contribution in [0.5, 0.6) is 0 Å². The summed E-state index contributed by atoms with van der Waals surface area (Å²) >= 11 is 0. The van der Waals surface area contributed by atoms with Gasteiger partial charge in [0.1, 0.15) is 5.60 Å². The summed E-state index contributed by atoms with van der Waals surface area (Å²) in [4.78, 5) is 2.42. The van der Waals surface area contributed by atoms with Gasteiger partial charge in [0.25, 0.3) is 0 Å². The van der Waals surface area contributed by atoms with Gasteiger partial charge in [-0.1, -0.05) is 42.5 Å². The Morgan fingerprint density at radius 1 is 1.08 bits per heavy atom. The summed E-state index contributed by atoms with van der Waals surface area (Å²) in [5, 5.41) is 12.4. The van der Waals surface area contributed by atoms with Crippen LogP contribution >= 0.6 is 0 Å². The van der Waals surface area contributed by atoms with E-state index in [-0.39, 0.29) is 11.6 Å². The van der Waals surface area contributed by atoms with Crippen molar-refractivity contribution in [1.29, 1.82) is 0 Å². The number of nitrogens with zero attached hydrogens (tertiary/aromatic N) is 5. The zero-order valence-corrected chi connectivity index (χ0v) is 14.7. The second kappa shape index (κ2) is 6.00. The molecule has 0 bridgehead atoms. The number of benzene rings is 2. The molecule has 1 saturated heterocycles. The van der Waals surface area contributed by atoms with Gasteiger partial charge in [-0.05, 0) is 47.0 Å². The van der Waals surface area contributed by atoms with E-state index in [1.807, 2.05) is 35.0 Å². The van der Waals surface area contributed by atoms with E-state index in [0.29, 0.717) is 6.61 Å². The molecule has 3 aromatic rings. The Kier molecular flexibility index (Phi) is 3.62. The molecule has 1 aromatic heterocycles. The van der Waals surface area contributed by atoms with Gasteiger partial charge >= 0.3 is 0 Å². The van der Waals surface area contributed by atoms with Crippen molar-refractivity contribution in [3.8, 4) is 5.69 Å². The van der Waals surface area contributed by atoms with E-state index in [1.54, 1.807) is 0 Å². The van der Waals surface area contributed by atoms with Crippen LogP contribution in [0.3, 0.4) is 0 Å². The van der Waals surface area contributed by atoms with Crippen LogP contribution in [0.2, 0.25) is 0 Å². The third-order valence-corrected chi connectivity index (χ3v) is 5.69. The van der Waals surface area contributed by atoms with E-state index >= 15 is 0 Å². The molecular formula is C20H21N5O. The van der Waals surface area contributed by atoms with Gasteiger partial charge in [-0.3, -0.25) is 4.90 Å². The molecule has 0 radical (unpaired) electrons. The number of ether oxygens (including phenoxy) is 1. The van der Waals surface area contributed by atoms with E-state index in [1.165, 1.54) is 11.1 Å². The van der Waals surface area contributed by atoms with Gasteiger partial charge in [-0.2, -0.15) is 4.68 Å². The van der Waals surface area contributed by atoms with Crippen molar-refractivity contribution in [2.75, 3.05) is 13.1 Å². The number of likely N-dealkylation sites (tertiary alicyclic amines) is 1. The Morgan fingerprint density at radius 2 is 1.88 bits per heavy atom. The lowest BCUT2D eigenvalue weighted by atomic mass is 9.92. The summed E-state index contributed by atoms with van der Waals surface area (Å²) in [6.45, 7) is 4.72. The molecule has 6 nitrogen and oxygen atoms in total. The molecule has 26 heavy (non-hydrogen) atoms. The number of para-hydroxylation sites is 1. The second-order valence-corrected chi connectivity index (χ2v) is 7.12. The van der Waals surface area contributed by atoms with Crippen molar-refractivity contribution in [1.82, 2.24) is 25.1 Å². The highest BCUT2D eigenvalue weighted by molar-refractivity contribution is 5.37. The maximum absolute atomic E-state index is 6.28. The Morgan fingerprint density at radius 3 is 2.77 bits per heavy atom. The van der Waals surface area contributed by atoms with Gasteiger partial charge < -0.3 is 4.74 Å². The molecule has 2 aromatic carbocycles. The maximum atomic E-state index is 6.28. The van der Waals surface area contributed by atoms with Gasteiger partial charge in [-0.15, -0.1) is 5.10 Å². The number of aromatic nitrogens is 4. The minimum absolute atomic E-state index is 0.112. The maximum Gasteiger partial charge on any atom is 0.173 e. The Bertz CT molecular complexity index is 925. The van der Waals surface area contributed by atoms with Crippen molar-refractivity contribution < 1.29 is 4.74 Å². The summed E-state index contributed by atoms with van der Waals surface area (Å²) in [6.07, 6.45) is 1.00. The molecule has 1 fully saturated rings. The summed E-state index contributed by atoms with van der Waals surface area (Å²) in [7, 11) is 0. The fourth-order valence-electron chi connectivity index (χ4n) is 4.23. The fraction of sp³-hybridized carbons (Fsp3) is 0.350. The Labute approximate surface area is 152 Å². The first kappa shape index (κ1) is 15.7. The van der Waals surface area contributed by atoms with E-state index in [0.717, 1.165) is 31.0 Å². The van der Waals surface area contributed by atoms with Crippen molar-refractivity contribution in [2.45, 2.75) is 31.6 Å². The zero-order chi connectivity index (χ0) is 17.6. The monoisotopic (exact) mass is 347 g/mol. The van der Waals surface area contributed by atoms with Crippen LogP contribution in [0, 0.1) is 0 Å². The van der Waals surface area contributed by atoms with Crippen molar-refractivity contribution in [2.24, 2.45) is 0 Å². The number of tetrazole rings is 1. The van der Waals surface area contributed by atoms with E-state index in [4.69, 9.17) is 4.74 Å². The largest absolute Gasteiger partial charge is 0.364 e. The van der Waals surface area contributed by atoms with Crippen LogP contribution in [0.15, 0.2) is 54.6 Å². The van der Waals surface area contributed by atoms with Crippen LogP contribution in [-0.2, 0) is 16.9 Å². The lowest BCUT2D eigenvalue weighted by Gasteiger charge is -2.27. The molecule has 0 aliphatic carbocycles. The average Bonchev–Trinajstić information content (AvgIpc) is 3.42. The molecule has 2 unspecified atom stereocenters. The van der Waals surface area contributed by atoms with Crippen LogP contribution in [0.25, 0.3) is 5.69 Å². The highest BCUT2D eigenvalue weighted by Crippen LogP contribution is 2.45. The topological polar surface area (TPSA) is 56.1 Å². The minimum atomic E-state index is -0.185. The highest BCUT2D eigenvalue weighted by atomic mass is 16.5. The molecule has 0 amide bonds. The van der Waals surface area contributed by atoms with Gasteiger partial charge in [0.15, 0.2) is 5.82 Å². The first-order valence-corrected chi connectivity index (χ1v) is 9.07. The number of fused-ring (bicyclic) bond motifs is 2. The van der Waals surface area contributed by atoms with Crippen LogP contribution in [0.1, 0.15) is 36.3 Å². The summed E-state index contributed by atoms with van der Waals surface area (Å²) in [5.41, 5.74) is 3.46. The molecule has 5 rings (SSSR count). The lowest BCUT2D eigenvalue weighted by molar-refractivity contribution is -0.0320. The number of rotatable bonds is 3. The zero-order valence-electron chi connectivity index (χ0n) is 14.7. The molecule has 2 aliphatic heterocycles. The van der Waals surface area contributed by atoms with Crippen molar-refractivity contribution in [3.05, 3.63) is 71.5 Å². The molecular weight excluding hydrogens is 326 g/mol. The van der Waals surface area contributed by atoms with Gasteiger partial charge in [0, 0.05) is 13.1 Å². The quantitative estimate of drug-likeness (QED) is 0.729. The number of hydrogen-bond acceptors (Lipinski definition) is 5. The van der Waals surface area contributed by atoms with E-state index in [9.17, 15) is 0 Å². The standard InChI is InChI=1S/C20H21N5O/c1-15(19-21-22-23-25(19)17-8-3-2-4-9-17)24-12-11-20(14-24)18-10-6-5-7-16(18)13-26-20/h2-10,15H,11-14H2,1H3. The SMILES string of the molecule is CC(c1nnnn1-c1ccccc1)N1CCC2(C1)OCc1ccccc12. The first-order valence-electron chi connectivity index (χ1n) is 9.07. The Balaban J connectivity index is 1.42. The molecule has 1 spiro atoms. The van der Waals surface area contributed by atoms with Gasteiger partial charge in [0.05, 0.1) is 18.3 Å². The molecule has 132 valence electrons. The fourth-order valence-corrected chi connectivity index (χ4v) is 4.23. The van der Waals surface area contributed by atoms with E-state index < -0.39 is 0 Å². The number of hydrogen-bond donors (Lipinski definition) is 0. The molecule has 0 saturated carbocycles. The summed E-state index contributed by atoms with van der Waals surface area (Å²) < 4.78 is 8.12. The highest BCUT2D eigenvalue weighted by Gasteiger charge is 2.47. The predicted octanol–water partition coefficient (Wildman–Crippen LogP) is 2.85. The van der Waals surface area contributed by atoms with Gasteiger partial charge in [0.2, 0.25) is 0 Å². The predicted molar refractivity (Wildman–Crippen MR) is 96.7 cm³/mol. The second-order valence-electron chi connectivity index (χ2n) is 7.12. The molecule has 3 heterocycles. The third-order valence-electron chi connectivity index (χ3n) is 5.69. The lowest BCUT2D eigenvalue weighted by Crippen LogP contribution is -2.33. The summed E-state index contributed by atoms with van der Waals surface area (Å²) in [5.74, 6) is 0.861. The molecule has 2 aliphatic rings. The van der Waals surface area contributed by atoms with Crippen LogP contribution in [0.4, 0.5) is 0 Å². The van der Waals surface area contributed by atoms with Gasteiger partial charge in [-0.25, -0.2) is 0 Å². The van der Waals surface area contributed by atoms with Crippen molar-refractivity contribution >= 4 is 0 Å². The average molecular weight is 347 g/mol. The molecule has 2 atom stereocenters. The van der Waals surface area contributed by atoms with Crippen molar-refractivity contribution in [3.63, 3.8) is 0 Å². The Hall–Kier alpha value is -2.57. The first-order chi connectivity index (χ1) is 12.8.